The number of nitrogens with zero attached hydrogens (tertiary/aromatic N) is 4. The Bertz CT molecular complexity index is 656. The molecule has 0 saturated heterocycles. The van der Waals surface area contributed by atoms with Crippen molar-refractivity contribution < 1.29 is 8.42 Å². The summed E-state index contributed by atoms with van der Waals surface area (Å²) in [6.07, 6.45) is 0.784. The van der Waals surface area contributed by atoms with Gasteiger partial charge in [-0.2, -0.15) is 15.2 Å². The van der Waals surface area contributed by atoms with Crippen LogP contribution in [0.5, 0.6) is 0 Å². The SMILES string of the molecule is CCc1cc(-c2n[nH]c(S(N)(=O)=O)n2)n(CC)n1. The summed E-state index contributed by atoms with van der Waals surface area (Å²) in [7, 11) is -3.87. The predicted molar refractivity (Wildman–Crippen MR) is 64.0 cm³/mol. The predicted octanol–water partition coefficient (Wildman–Crippen LogP) is -0.102. The molecule has 3 N–H and O–H groups in total. The highest BCUT2D eigenvalue weighted by Gasteiger charge is 2.18. The summed E-state index contributed by atoms with van der Waals surface area (Å²) < 4.78 is 23.9. The van der Waals surface area contributed by atoms with Crippen molar-refractivity contribution in [2.24, 2.45) is 5.14 Å². The van der Waals surface area contributed by atoms with E-state index >= 15 is 0 Å². The second kappa shape index (κ2) is 4.50. The number of primary sulfonamides is 1. The fourth-order valence-electron chi connectivity index (χ4n) is 1.55. The molecule has 2 aromatic heterocycles. The van der Waals surface area contributed by atoms with E-state index in [0.717, 1.165) is 12.1 Å². The van der Waals surface area contributed by atoms with Gasteiger partial charge in [0.2, 0.25) is 0 Å². The number of rotatable bonds is 4. The summed E-state index contributed by atoms with van der Waals surface area (Å²) in [6.45, 7) is 4.57. The molecule has 0 aromatic carbocycles. The third-order valence-corrected chi connectivity index (χ3v) is 3.18. The lowest BCUT2D eigenvalue weighted by Gasteiger charge is -1.98. The van der Waals surface area contributed by atoms with Crippen molar-refractivity contribution in [3.05, 3.63) is 11.8 Å². The fourth-order valence-corrected chi connectivity index (χ4v) is 1.94. The molecule has 0 bridgehead atoms. The molecule has 0 radical (unpaired) electrons. The Hall–Kier alpha value is -1.74. The van der Waals surface area contributed by atoms with E-state index in [1.54, 1.807) is 4.68 Å². The average molecular weight is 270 g/mol. The molecule has 0 fully saturated rings. The second-order valence-electron chi connectivity index (χ2n) is 3.70. The van der Waals surface area contributed by atoms with Gasteiger partial charge in [0.15, 0.2) is 5.82 Å². The van der Waals surface area contributed by atoms with Gasteiger partial charge in [0.25, 0.3) is 15.2 Å². The van der Waals surface area contributed by atoms with Gasteiger partial charge < -0.3 is 0 Å². The lowest BCUT2D eigenvalue weighted by atomic mass is 10.3. The lowest BCUT2D eigenvalue weighted by Crippen LogP contribution is -2.13. The zero-order valence-electron chi connectivity index (χ0n) is 10.1. The zero-order valence-corrected chi connectivity index (χ0v) is 10.9. The van der Waals surface area contributed by atoms with E-state index in [1.807, 2.05) is 19.9 Å². The van der Waals surface area contributed by atoms with Crippen LogP contribution < -0.4 is 5.14 Å². The van der Waals surface area contributed by atoms with Gasteiger partial charge in [-0.3, -0.25) is 4.68 Å². The number of nitrogens with one attached hydrogen (secondary N) is 1. The van der Waals surface area contributed by atoms with Crippen LogP contribution in [0, 0.1) is 0 Å². The van der Waals surface area contributed by atoms with Gasteiger partial charge in [0.1, 0.15) is 5.69 Å². The van der Waals surface area contributed by atoms with Gasteiger partial charge in [-0.05, 0) is 19.4 Å². The van der Waals surface area contributed by atoms with Gasteiger partial charge in [-0.25, -0.2) is 18.7 Å². The Morgan fingerprint density at radius 1 is 1.44 bits per heavy atom. The third-order valence-electron chi connectivity index (χ3n) is 2.46. The molecule has 8 nitrogen and oxygen atoms in total. The summed E-state index contributed by atoms with van der Waals surface area (Å²) in [6, 6.07) is 1.83. The minimum atomic E-state index is -3.87. The summed E-state index contributed by atoms with van der Waals surface area (Å²) in [4.78, 5) is 3.87. The van der Waals surface area contributed by atoms with Crippen LogP contribution in [0.15, 0.2) is 11.2 Å². The van der Waals surface area contributed by atoms with Gasteiger partial charge >= 0.3 is 0 Å². The largest absolute Gasteiger partial charge is 0.273 e. The van der Waals surface area contributed by atoms with E-state index < -0.39 is 10.0 Å². The minimum Gasteiger partial charge on any atom is -0.262 e. The Labute approximate surface area is 104 Å². The smallest absolute Gasteiger partial charge is 0.262 e. The number of aromatic nitrogens is 5. The van der Waals surface area contributed by atoms with Gasteiger partial charge in [0, 0.05) is 6.54 Å². The standard InChI is InChI=1S/C9H14N6O2S/c1-3-6-5-7(15(4-2)14-6)8-11-9(13-12-8)18(10,16)17/h5H,3-4H2,1-2H3,(H2,10,16,17)(H,11,12,13). The Morgan fingerprint density at radius 3 is 2.67 bits per heavy atom. The van der Waals surface area contributed by atoms with E-state index in [-0.39, 0.29) is 11.0 Å². The van der Waals surface area contributed by atoms with Crippen molar-refractivity contribution in [3.63, 3.8) is 0 Å². The first-order valence-corrected chi connectivity index (χ1v) is 7.02. The van der Waals surface area contributed by atoms with Crippen LogP contribution in [0.3, 0.4) is 0 Å². The molecular weight excluding hydrogens is 256 g/mol. The van der Waals surface area contributed by atoms with Crippen molar-refractivity contribution in [1.82, 2.24) is 25.0 Å². The first kappa shape index (κ1) is 12.7. The highest BCUT2D eigenvalue weighted by molar-refractivity contribution is 7.89. The summed E-state index contributed by atoms with van der Waals surface area (Å²) in [5.41, 5.74) is 1.56. The quantitative estimate of drug-likeness (QED) is 0.803. The van der Waals surface area contributed by atoms with E-state index in [1.165, 1.54) is 0 Å². The van der Waals surface area contributed by atoms with Crippen molar-refractivity contribution in [2.45, 2.75) is 32.0 Å². The van der Waals surface area contributed by atoms with Crippen LogP contribution in [0.4, 0.5) is 0 Å². The Morgan fingerprint density at radius 2 is 2.17 bits per heavy atom. The highest BCUT2D eigenvalue weighted by Crippen LogP contribution is 2.17. The molecule has 0 aliphatic rings. The number of aromatic amines is 1. The Balaban J connectivity index is 2.48. The zero-order chi connectivity index (χ0) is 13.3. The molecule has 0 unspecified atom stereocenters. The summed E-state index contributed by atoms with van der Waals surface area (Å²) in [5, 5.41) is 15.1. The van der Waals surface area contributed by atoms with Gasteiger partial charge in [-0.1, -0.05) is 6.92 Å². The molecule has 9 heteroatoms. The number of sulfonamides is 1. The van der Waals surface area contributed by atoms with E-state index in [9.17, 15) is 8.42 Å². The van der Waals surface area contributed by atoms with E-state index in [2.05, 4.69) is 20.3 Å². The molecule has 0 atom stereocenters. The number of H-pyrrole nitrogens is 1. The molecule has 0 spiro atoms. The molecule has 2 rings (SSSR count). The first-order chi connectivity index (χ1) is 8.45. The van der Waals surface area contributed by atoms with Crippen LogP contribution in [-0.2, 0) is 23.0 Å². The van der Waals surface area contributed by atoms with Crippen LogP contribution in [0.25, 0.3) is 11.5 Å². The van der Waals surface area contributed by atoms with Crippen molar-refractivity contribution in [3.8, 4) is 11.5 Å². The molecule has 2 aromatic rings. The van der Waals surface area contributed by atoms with E-state index in [4.69, 9.17) is 5.14 Å². The van der Waals surface area contributed by atoms with Crippen LogP contribution in [0.1, 0.15) is 19.5 Å². The maximum atomic E-state index is 11.1. The molecule has 0 aliphatic heterocycles. The van der Waals surface area contributed by atoms with E-state index in [0.29, 0.717) is 12.2 Å². The van der Waals surface area contributed by atoms with Gasteiger partial charge in [0.05, 0.1) is 5.69 Å². The van der Waals surface area contributed by atoms with Crippen LogP contribution in [0.2, 0.25) is 0 Å². The molecule has 0 aliphatic carbocycles. The van der Waals surface area contributed by atoms with Crippen LogP contribution >= 0.6 is 0 Å². The maximum Gasteiger partial charge on any atom is 0.273 e. The molecule has 0 saturated carbocycles. The van der Waals surface area contributed by atoms with Crippen molar-refractivity contribution in [2.75, 3.05) is 0 Å². The summed E-state index contributed by atoms with van der Waals surface area (Å²) >= 11 is 0. The normalized spacial score (nSPS) is 11.9. The molecule has 2 heterocycles. The molecular formula is C9H14N6O2S. The fraction of sp³-hybridized carbons (Fsp3) is 0.444. The Kier molecular flexibility index (Phi) is 3.18. The monoisotopic (exact) mass is 270 g/mol. The molecule has 18 heavy (non-hydrogen) atoms. The molecule has 98 valence electrons. The third kappa shape index (κ3) is 2.27. The number of nitrogens with two attached hydrogens (primary N) is 1. The summed E-state index contributed by atoms with van der Waals surface area (Å²) in [5.74, 6) is 0.271. The highest BCUT2D eigenvalue weighted by atomic mass is 32.2. The lowest BCUT2D eigenvalue weighted by molar-refractivity contribution is 0.589. The minimum absolute atomic E-state index is 0.271. The van der Waals surface area contributed by atoms with Crippen molar-refractivity contribution in [1.29, 1.82) is 0 Å². The second-order valence-corrected chi connectivity index (χ2v) is 5.18. The number of hydrogen-bond acceptors (Lipinski definition) is 5. The molecule has 0 amide bonds. The maximum absolute atomic E-state index is 11.1. The van der Waals surface area contributed by atoms with Crippen LogP contribution in [-0.4, -0.2) is 33.4 Å². The number of aryl methyl sites for hydroxylation is 2. The first-order valence-electron chi connectivity index (χ1n) is 5.48. The topological polar surface area (TPSA) is 120 Å². The average Bonchev–Trinajstić information content (AvgIpc) is 2.94. The van der Waals surface area contributed by atoms with Crippen molar-refractivity contribution >= 4 is 10.0 Å². The van der Waals surface area contributed by atoms with Gasteiger partial charge in [-0.15, -0.1) is 0 Å². The number of hydrogen-bond donors (Lipinski definition) is 2.